The molecule has 4 N–H and O–H groups in total. The summed E-state index contributed by atoms with van der Waals surface area (Å²) in [6.07, 6.45) is 6.02. The maximum Gasteiger partial charge on any atom is 0.224 e. The normalized spacial score (nSPS) is 21.2. The van der Waals surface area contributed by atoms with Crippen LogP contribution in [-0.2, 0) is 9.53 Å². The Hall–Kier alpha value is -3.34. The van der Waals surface area contributed by atoms with E-state index in [1.165, 1.54) is 6.92 Å². The molecular formula is C24H29F2N7O2. The van der Waals surface area contributed by atoms with Crippen LogP contribution in [0.15, 0.2) is 18.3 Å². The third-order valence-corrected chi connectivity index (χ3v) is 6.95. The topological polar surface area (TPSA) is 120 Å². The number of hydrogen-bond donors (Lipinski definition) is 3. The van der Waals surface area contributed by atoms with Crippen molar-refractivity contribution in [2.75, 3.05) is 23.8 Å². The number of aryl methyl sites for hydroxylation is 1. The summed E-state index contributed by atoms with van der Waals surface area (Å²) in [5.41, 5.74) is 6.86. The number of nitrogens with zero attached hydrogens (tertiary/aromatic N) is 4. The van der Waals surface area contributed by atoms with Crippen molar-refractivity contribution in [1.29, 1.82) is 0 Å². The summed E-state index contributed by atoms with van der Waals surface area (Å²) in [7, 11) is 0. The lowest BCUT2D eigenvalue weighted by molar-refractivity contribution is -0.122. The van der Waals surface area contributed by atoms with Crippen molar-refractivity contribution >= 4 is 34.7 Å². The number of carbonyl (C=O) groups is 1. The first kappa shape index (κ1) is 23.4. The minimum absolute atomic E-state index is 0.0102. The zero-order valence-corrected chi connectivity index (χ0v) is 19.6. The van der Waals surface area contributed by atoms with Crippen LogP contribution in [0.25, 0.3) is 11.2 Å². The first-order valence-electron chi connectivity index (χ1n) is 12.0. The van der Waals surface area contributed by atoms with Crippen LogP contribution < -0.4 is 16.4 Å². The Bertz CT molecular complexity index is 1230. The van der Waals surface area contributed by atoms with E-state index < -0.39 is 11.6 Å². The van der Waals surface area contributed by atoms with Gasteiger partial charge in [-0.15, -0.1) is 0 Å². The van der Waals surface area contributed by atoms with Crippen LogP contribution in [0.4, 0.5) is 26.4 Å². The molecular weight excluding hydrogens is 456 g/mol. The number of benzene rings is 1. The molecule has 0 atom stereocenters. The second kappa shape index (κ2) is 9.73. The average Bonchev–Trinajstić information content (AvgIpc) is 3.20. The smallest absolute Gasteiger partial charge is 0.224 e. The number of halogens is 2. The Balaban J connectivity index is 1.51. The van der Waals surface area contributed by atoms with Crippen LogP contribution in [0.1, 0.15) is 50.1 Å². The van der Waals surface area contributed by atoms with Crippen LogP contribution in [-0.4, -0.2) is 44.7 Å². The fraction of sp³-hybridized carbons (Fsp3) is 0.500. The molecule has 0 radical (unpaired) electrons. The summed E-state index contributed by atoms with van der Waals surface area (Å²) in [4.78, 5) is 25.5. The van der Waals surface area contributed by atoms with Gasteiger partial charge in [0, 0.05) is 37.3 Å². The zero-order chi connectivity index (χ0) is 24.5. The molecule has 35 heavy (non-hydrogen) atoms. The highest BCUT2D eigenvalue weighted by Gasteiger charge is 2.29. The third kappa shape index (κ3) is 4.90. The van der Waals surface area contributed by atoms with Crippen molar-refractivity contribution in [3.05, 3.63) is 35.5 Å². The Kier molecular flexibility index (Phi) is 6.50. The summed E-state index contributed by atoms with van der Waals surface area (Å²) in [5.74, 6) is -0.715. The number of hydrogen-bond acceptors (Lipinski definition) is 7. The van der Waals surface area contributed by atoms with Gasteiger partial charge in [-0.25, -0.2) is 18.7 Å². The first-order valence-corrected chi connectivity index (χ1v) is 12.0. The van der Waals surface area contributed by atoms with Crippen molar-refractivity contribution in [1.82, 2.24) is 19.5 Å². The standard InChI is InChI=1S/C24H29F2N7O2/c1-13-10-18(26)19(11-17(13)25)30-24-31-20-12-28-23(29-15-6-8-35-9-7-15)32-22(20)33(24)16-4-2-14(3-5-16)21(27)34/h10-12,14-16H,2-9H2,1H3,(H2,27,34)(H,30,31)(H,28,29,32). The number of rotatable bonds is 6. The molecule has 0 spiro atoms. The van der Waals surface area contributed by atoms with Gasteiger partial charge in [-0.3, -0.25) is 9.36 Å². The number of amides is 1. The van der Waals surface area contributed by atoms with Gasteiger partial charge < -0.3 is 21.1 Å². The Labute approximate surface area is 201 Å². The number of ether oxygens (including phenoxy) is 1. The summed E-state index contributed by atoms with van der Waals surface area (Å²) in [5, 5.41) is 6.34. The number of anilines is 3. The quantitative estimate of drug-likeness (QED) is 0.483. The SMILES string of the molecule is Cc1cc(F)c(Nc2nc3cnc(NC4CCOCC4)nc3n2C2CCC(C(N)=O)CC2)cc1F. The molecule has 2 aromatic heterocycles. The number of nitrogens with two attached hydrogens (primary N) is 1. The van der Waals surface area contributed by atoms with Gasteiger partial charge in [0.05, 0.1) is 11.9 Å². The molecule has 2 fully saturated rings. The highest BCUT2D eigenvalue weighted by molar-refractivity contribution is 5.78. The summed E-state index contributed by atoms with van der Waals surface area (Å²) < 4.78 is 36.2. The summed E-state index contributed by atoms with van der Waals surface area (Å²) in [6.45, 7) is 2.89. The molecule has 1 aromatic carbocycles. The van der Waals surface area contributed by atoms with E-state index in [9.17, 15) is 13.6 Å². The lowest BCUT2D eigenvalue weighted by Crippen LogP contribution is -2.29. The summed E-state index contributed by atoms with van der Waals surface area (Å²) >= 11 is 0. The minimum Gasteiger partial charge on any atom is -0.381 e. The molecule has 1 aliphatic carbocycles. The van der Waals surface area contributed by atoms with Crippen LogP contribution in [0.2, 0.25) is 0 Å². The Morgan fingerprint density at radius 2 is 1.83 bits per heavy atom. The van der Waals surface area contributed by atoms with Crippen molar-refractivity contribution in [3.63, 3.8) is 0 Å². The van der Waals surface area contributed by atoms with Crippen LogP contribution in [0.5, 0.6) is 0 Å². The number of fused-ring (bicyclic) bond motifs is 1. The van der Waals surface area contributed by atoms with E-state index in [0.29, 0.717) is 62.0 Å². The van der Waals surface area contributed by atoms with Crippen molar-refractivity contribution in [2.24, 2.45) is 11.7 Å². The number of aromatic nitrogens is 4. The van der Waals surface area contributed by atoms with Crippen molar-refractivity contribution < 1.29 is 18.3 Å². The van der Waals surface area contributed by atoms with Gasteiger partial charge in [-0.1, -0.05) is 0 Å². The number of nitrogens with one attached hydrogen (secondary N) is 2. The Morgan fingerprint density at radius 3 is 2.54 bits per heavy atom. The van der Waals surface area contributed by atoms with Crippen molar-refractivity contribution in [2.45, 2.75) is 57.5 Å². The molecule has 11 heteroatoms. The van der Waals surface area contributed by atoms with E-state index in [4.69, 9.17) is 15.5 Å². The molecule has 0 unspecified atom stereocenters. The monoisotopic (exact) mass is 485 g/mol. The number of imidazole rings is 1. The van der Waals surface area contributed by atoms with Crippen LogP contribution in [0.3, 0.4) is 0 Å². The predicted octanol–water partition coefficient (Wildman–Crippen LogP) is 3.96. The maximum atomic E-state index is 14.6. The maximum absolute atomic E-state index is 14.6. The summed E-state index contributed by atoms with van der Waals surface area (Å²) in [6, 6.07) is 2.45. The van der Waals surface area contributed by atoms with E-state index in [2.05, 4.69) is 20.6 Å². The highest BCUT2D eigenvalue weighted by atomic mass is 19.1. The van der Waals surface area contributed by atoms with Gasteiger partial charge in [0.2, 0.25) is 17.8 Å². The van der Waals surface area contributed by atoms with Crippen molar-refractivity contribution in [3.8, 4) is 0 Å². The molecule has 1 amide bonds. The fourth-order valence-corrected chi connectivity index (χ4v) is 4.90. The fourth-order valence-electron chi connectivity index (χ4n) is 4.90. The second-order valence-electron chi connectivity index (χ2n) is 9.35. The van der Waals surface area contributed by atoms with Crippen LogP contribution in [0, 0.1) is 24.5 Å². The molecule has 1 saturated carbocycles. The largest absolute Gasteiger partial charge is 0.381 e. The Morgan fingerprint density at radius 1 is 1.09 bits per heavy atom. The molecule has 1 saturated heterocycles. The second-order valence-corrected chi connectivity index (χ2v) is 9.35. The average molecular weight is 486 g/mol. The van der Waals surface area contributed by atoms with E-state index in [-0.39, 0.29) is 35.2 Å². The molecule has 2 aliphatic rings. The molecule has 1 aliphatic heterocycles. The minimum atomic E-state index is -0.576. The molecule has 0 bridgehead atoms. The molecule has 5 rings (SSSR count). The third-order valence-electron chi connectivity index (χ3n) is 6.95. The van der Waals surface area contributed by atoms with Gasteiger partial charge in [-0.2, -0.15) is 4.98 Å². The number of carbonyl (C=O) groups excluding carboxylic acids is 1. The van der Waals surface area contributed by atoms with Gasteiger partial charge in [0.1, 0.15) is 17.2 Å². The van der Waals surface area contributed by atoms with E-state index >= 15 is 0 Å². The van der Waals surface area contributed by atoms with Gasteiger partial charge in [0.25, 0.3) is 0 Å². The lowest BCUT2D eigenvalue weighted by atomic mass is 9.85. The first-order chi connectivity index (χ1) is 16.9. The molecule has 3 heterocycles. The van der Waals surface area contributed by atoms with Gasteiger partial charge in [-0.05, 0) is 57.1 Å². The van der Waals surface area contributed by atoms with E-state index in [1.807, 2.05) is 4.57 Å². The lowest BCUT2D eigenvalue weighted by Gasteiger charge is -2.29. The molecule has 9 nitrogen and oxygen atoms in total. The van der Waals surface area contributed by atoms with E-state index in [0.717, 1.165) is 25.0 Å². The predicted molar refractivity (Wildman–Crippen MR) is 127 cm³/mol. The molecule has 3 aromatic rings. The number of primary amides is 1. The zero-order valence-electron chi connectivity index (χ0n) is 19.6. The van der Waals surface area contributed by atoms with E-state index in [1.54, 1.807) is 6.20 Å². The highest BCUT2D eigenvalue weighted by Crippen LogP contribution is 2.37. The molecule has 186 valence electrons. The van der Waals surface area contributed by atoms with Gasteiger partial charge >= 0.3 is 0 Å². The van der Waals surface area contributed by atoms with Gasteiger partial charge in [0.15, 0.2) is 5.65 Å². The van der Waals surface area contributed by atoms with Crippen LogP contribution >= 0.6 is 0 Å².